The standard InChI is InChI=1S/C17H24BN3O3/c1-16(2)17(3,4)24-18(23-16)13-8-12(9-19)15(20-10-13)21-7-5-6-14(22)11-21/h8,10,14,22H,5-7,11H2,1-4H3/t14-/m0/s1. The van der Waals surface area contributed by atoms with E-state index in [4.69, 9.17) is 9.31 Å². The SMILES string of the molecule is CC1(C)OB(c2cnc(N3CCC[C@H](O)C3)c(C#N)c2)OC1(C)C. The number of anilines is 1. The average molecular weight is 329 g/mol. The van der Waals surface area contributed by atoms with Crippen LogP contribution in [0.1, 0.15) is 46.1 Å². The second kappa shape index (κ2) is 6.03. The van der Waals surface area contributed by atoms with Crippen molar-refractivity contribution in [3.8, 4) is 6.07 Å². The topological polar surface area (TPSA) is 78.6 Å². The van der Waals surface area contributed by atoms with E-state index in [0.29, 0.717) is 17.9 Å². The van der Waals surface area contributed by atoms with Gasteiger partial charge in [0.25, 0.3) is 0 Å². The first-order valence-corrected chi connectivity index (χ1v) is 8.42. The first-order chi connectivity index (χ1) is 11.2. The lowest BCUT2D eigenvalue weighted by Gasteiger charge is -2.32. The fraction of sp³-hybridized carbons (Fsp3) is 0.647. The molecule has 1 aromatic rings. The minimum Gasteiger partial charge on any atom is -0.399 e. The molecule has 0 aliphatic carbocycles. The van der Waals surface area contributed by atoms with Gasteiger partial charge in [-0.1, -0.05) is 0 Å². The molecule has 6 nitrogen and oxygen atoms in total. The molecule has 0 spiro atoms. The van der Waals surface area contributed by atoms with E-state index in [1.54, 1.807) is 12.3 Å². The number of aromatic nitrogens is 1. The van der Waals surface area contributed by atoms with E-state index in [9.17, 15) is 10.4 Å². The van der Waals surface area contributed by atoms with Crippen molar-refractivity contribution in [2.75, 3.05) is 18.0 Å². The predicted molar refractivity (Wildman–Crippen MR) is 92.1 cm³/mol. The van der Waals surface area contributed by atoms with Crippen LogP contribution in [0.2, 0.25) is 0 Å². The summed E-state index contributed by atoms with van der Waals surface area (Å²) < 4.78 is 12.1. The third-order valence-corrected chi connectivity index (χ3v) is 5.23. The van der Waals surface area contributed by atoms with Crippen LogP contribution in [0.25, 0.3) is 0 Å². The normalized spacial score (nSPS) is 25.6. The van der Waals surface area contributed by atoms with E-state index in [0.717, 1.165) is 24.8 Å². The molecule has 0 unspecified atom stereocenters. The number of piperidine rings is 1. The van der Waals surface area contributed by atoms with Crippen molar-refractivity contribution in [3.63, 3.8) is 0 Å². The van der Waals surface area contributed by atoms with Gasteiger partial charge < -0.3 is 19.3 Å². The fourth-order valence-electron chi connectivity index (χ4n) is 3.06. The van der Waals surface area contributed by atoms with Crippen LogP contribution >= 0.6 is 0 Å². The highest BCUT2D eigenvalue weighted by Crippen LogP contribution is 2.36. The zero-order chi connectivity index (χ0) is 17.5. The van der Waals surface area contributed by atoms with Crippen LogP contribution < -0.4 is 10.4 Å². The molecule has 0 aromatic carbocycles. The molecule has 24 heavy (non-hydrogen) atoms. The van der Waals surface area contributed by atoms with Gasteiger partial charge >= 0.3 is 7.12 Å². The molecule has 1 aromatic heterocycles. The largest absolute Gasteiger partial charge is 0.496 e. The molecule has 128 valence electrons. The van der Waals surface area contributed by atoms with Gasteiger partial charge in [-0.2, -0.15) is 5.26 Å². The highest BCUT2D eigenvalue weighted by Gasteiger charge is 2.52. The molecule has 2 aliphatic heterocycles. The third kappa shape index (κ3) is 3.02. The van der Waals surface area contributed by atoms with Crippen molar-refractivity contribution >= 4 is 18.4 Å². The van der Waals surface area contributed by atoms with Gasteiger partial charge in [0.2, 0.25) is 0 Å². The van der Waals surface area contributed by atoms with Crippen molar-refractivity contribution in [2.45, 2.75) is 57.8 Å². The van der Waals surface area contributed by atoms with Crippen LogP contribution in [-0.2, 0) is 9.31 Å². The molecule has 2 aliphatic rings. The van der Waals surface area contributed by atoms with Crippen LogP contribution in [0.4, 0.5) is 5.82 Å². The lowest BCUT2D eigenvalue weighted by Crippen LogP contribution is -2.41. The molecule has 3 rings (SSSR count). The first-order valence-electron chi connectivity index (χ1n) is 8.42. The Balaban J connectivity index is 1.87. The highest BCUT2D eigenvalue weighted by molar-refractivity contribution is 6.62. The van der Waals surface area contributed by atoms with Crippen molar-refractivity contribution in [3.05, 3.63) is 17.8 Å². The van der Waals surface area contributed by atoms with E-state index >= 15 is 0 Å². The molecule has 0 radical (unpaired) electrons. The second-order valence-corrected chi connectivity index (χ2v) is 7.58. The van der Waals surface area contributed by atoms with Crippen LogP contribution in [0.15, 0.2) is 12.3 Å². The summed E-state index contributed by atoms with van der Waals surface area (Å²) in [6.45, 7) is 9.29. The van der Waals surface area contributed by atoms with Gasteiger partial charge in [-0.25, -0.2) is 4.98 Å². The lowest BCUT2D eigenvalue weighted by atomic mass is 9.79. The number of nitriles is 1. The number of pyridine rings is 1. The summed E-state index contributed by atoms with van der Waals surface area (Å²) in [6.07, 6.45) is 3.03. The summed E-state index contributed by atoms with van der Waals surface area (Å²) in [5.41, 5.74) is 0.364. The van der Waals surface area contributed by atoms with Gasteiger partial charge in [-0.15, -0.1) is 0 Å². The summed E-state index contributed by atoms with van der Waals surface area (Å²) >= 11 is 0. The van der Waals surface area contributed by atoms with Crippen LogP contribution in [0.5, 0.6) is 0 Å². The van der Waals surface area contributed by atoms with Crippen molar-refractivity contribution < 1.29 is 14.4 Å². The molecule has 1 atom stereocenters. The Morgan fingerprint density at radius 1 is 1.33 bits per heavy atom. The van der Waals surface area contributed by atoms with Gasteiger partial charge in [0, 0.05) is 24.7 Å². The van der Waals surface area contributed by atoms with E-state index in [1.165, 1.54) is 0 Å². The number of aliphatic hydroxyl groups excluding tert-OH is 1. The van der Waals surface area contributed by atoms with Gasteiger partial charge in [-0.3, -0.25) is 0 Å². The molecule has 3 heterocycles. The Kier molecular flexibility index (Phi) is 4.33. The zero-order valence-electron chi connectivity index (χ0n) is 14.7. The Bertz CT molecular complexity index is 656. The average Bonchev–Trinajstić information content (AvgIpc) is 2.75. The smallest absolute Gasteiger partial charge is 0.399 e. The highest BCUT2D eigenvalue weighted by atomic mass is 16.7. The number of nitrogens with zero attached hydrogens (tertiary/aromatic N) is 3. The number of hydrogen-bond donors (Lipinski definition) is 1. The number of aliphatic hydroxyl groups is 1. The van der Waals surface area contributed by atoms with E-state index in [1.807, 2.05) is 32.6 Å². The minimum absolute atomic E-state index is 0.366. The van der Waals surface area contributed by atoms with E-state index < -0.39 is 18.3 Å². The molecule has 0 amide bonds. The molecular weight excluding hydrogens is 305 g/mol. The third-order valence-electron chi connectivity index (χ3n) is 5.23. The number of β-amino-alcohol motifs (C(OH)–C–C–N with tert-alkyl or cyclic N) is 1. The van der Waals surface area contributed by atoms with Gasteiger partial charge in [0.05, 0.1) is 22.9 Å². The second-order valence-electron chi connectivity index (χ2n) is 7.58. The quantitative estimate of drug-likeness (QED) is 0.822. The summed E-state index contributed by atoms with van der Waals surface area (Å²) in [7, 11) is -0.532. The predicted octanol–water partition coefficient (Wildman–Crippen LogP) is 1.21. The molecule has 1 N–H and O–H groups in total. The Hall–Kier alpha value is -1.62. The summed E-state index contributed by atoms with van der Waals surface area (Å²) in [6, 6.07) is 4.00. The first kappa shape index (κ1) is 17.2. The van der Waals surface area contributed by atoms with Gasteiger partial charge in [0.15, 0.2) is 0 Å². The maximum atomic E-state index is 9.85. The van der Waals surface area contributed by atoms with Crippen LogP contribution in [-0.4, -0.2) is 47.6 Å². The fourth-order valence-corrected chi connectivity index (χ4v) is 3.06. The lowest BCUT2D eigenvalue weighted by molar-refractivity contribution is 0.00578. The molecule has 2 fully saturated rings. The van der Waals surface area contributed by atoms with Crippen molar-refractivity contribution in [1.82, 2.24) is 4.98 Å². The minimum atomic E-state index is -0.532. The van der Waals surface area contributed by atoms with E-state index in [2.05, 4.69) is 11.1 Å². The Morgan fingerprint density at radius 3 is 2.58 bits per heavy atom. The summed E-state index contributed by atoms with van der Waals surface area (Å²) in [5.74, 6) is 0.622. The van der Waals surface area contributed by atoms with Crippen molar-refractivity contribution in [2.24, 2.45) is 0 Å². The molecule has 7 heteroatoms. The maximum absolute atomic E-state index is 9.85. The number of rotatable bonds is 2. The molecule has 2 saturated heterocycles. The van der Waals surface area contributed by atoms with Gasteiger partial charge in [0.1, 0.15) is 11.9 Å². The van der Waals surface area contributed by atoms with Crippen LogP contribution in [0.3, 0.4) is 0 Å². The molecule has 0 bridgehead atoms. The van der Waals surface area contributed by atoms with Crippen LogP contribution in [0, 0.1) is 11.3 Å². The van der Waals surface area contributed by atoms with E-state index in [-0.39, 0.29) is 6.10 Å². The summed E-state index contributed by atoms with van der Waals surface area (Å²) in [5, 5.41) is 19.4. The van der Waals surface area contributed by atoms with Gasteiger partial charge in [-0.05, 0) is 46.6 Å². The maximum Gasteiger partial charge on any atom is 0.496 e. The van der Waals surface area contributed by atoms with Crippen molar-refractivity contribution in [1.29, 1.82) is 5.26 Å². The number of hydrogen-bond acceptors (Lipinski definition) is 6. The Labute approximate surface area is 143 Å². The Morgan fingerprint density at radius 2 is 2.00 bits per heavy atom. The monoisotopic (exact) mass is 329 g/mol. The molecule has 0 saturated carbocycles. The zero-order valence-corrected chi connectivity index (χ0v) is 14.7. The molecular formula is C17H24BN3O3. The summed E-state index contributed by atoms with van der Waals surface area (Å²) in [4.78, 5) is 6.45.